The molecule has 3 N–H and O–H groups in total. The van der Waals surface area contributed by atoms with Crippen molar-refractivity contribution in [1.82, 2.24) is 20.4 Å². The molecule has 0 aliphatic heterocycles. The first-order valence-electron chi connectivity index (χ1n) is 6.64. The van der Waals surface area contributed by atoms with Crippen molar-refractivity contribution in [3.05, 3.63) is 30.4 Å². The number of pyridine rings is 1. The Morgan fingerprint density at radius 2 is 2.05 bits per heavy atom. The van der Waals surface area contributed by atoms with Crippen molar-refractivity contribution in [2.75, 3.05) is 0 Å². The molecule has 0 saturated heterocycles. The molecule has 0 aliphatic rings. The normalized spacial score (nSPS) is 13.0. The number of nitrogens with one attached hydrogen (secondary N) is 1. The Hall–Kier alpha value is -2.28. The van der Waals surface area contributed by atoms with Crippen molar-refractivity contribution in [3.63, 3.8) is 0 Å². The lowest BCUT2D eigenvalue weighted by atomic mass is 9.87. The Labute approximate surface area is 122 Å². The first-order chi connectivity index (χ1) is 9.88. The van der Waals surface area contributed by atoms with Crippen LogP contribution in [0.2, 0.25) is 0 Å². The van der Waals surface area contributed by atoms with Gasteiger partial charge in [0.15, 0.2) is 0 Å². The van der Waals surface area contributed by atoms with Gasteiger partial charge in [0.25, 0.3) is 0 Å². The van der Waals surface area contributed by atoms with Crippen molar-refractivity contribution < 1.29 is 9.32 Å². The Bertz CT molecular complexity index is 603. The molecule has 2 aromatic rings. The minimum Gasteiger partial charge on any atom is -0.346 e. The third-order valence-electron chi connectivity index (χ3n) is 3.04. The van der Waals surface area contributed by atoms with Crippen molar-refractivity contribution in [1.29, 1.82) is 0 Å². The predicted octanol–water partition coefficient (Wildman–Crippen LogP) is 1.12. The number of amides is 1. The van der Waals surface area contributed by atoms with Crippen LogP contribution in [-0.2, 0) is 11.3 Å². The van der Waals surface area contributed by atoms with Gasteiger partial charge in [-0.25, -0.2) is 0 Å². The zero-order valence-corrected chi connectivity index (χ0v) is 12.3. The molecule has 2 aromatic heterocycles. The SMILES string of the molecule is CC(C)(C)[C@H](N)C(=O)NCc1nc(-c2ccncc2)no1. The quantitative estimate of drug-likeness (QED) is 0.873. The summed E-state index contributed by atoms with van der Waals surface area (Å²) in [7, 11) is 0. The monoisotopic (exact) mass is 289 g/mol. The van der Waals surface area contributed by atoms with E-state index in [9.17, 15) is 4.79 Å². The van der Waals surface area contributed by atoms with Crippen molar-refractivity contribution in [3.8, 4) is 11.4 Å². The number of aromatic nitrogens is 3. The highest BCUT2D eigenvalue weighted by Gasteiger charge is 2.27. The van der Waals surface area contributed by atoms with Gasteiger partial charge in [0.2, 0.25) is 17.6 Å². The molecular weight excluding hydrogens is 270 g/mol. The topological polar surface area (TPSA) is 107 Å². The Morgan fingerprint density at radius 1 is 1.38 bits per heavy atom. The molecule has 21 heavy (non-hydrogen) atoms. The predicted molar refractivity (Wildman–Crippen MR) is 76.8 cm³/mol. The van der Waals surface area contributed by atoms with Crippen molar-refractivity contribution >= 4 is 5.91 Å². The standard InChI is InChI=1S/C14H19N5O2/c1-14(2,3)11(15)13(20)17-8-10-18-12(19-21-10)9-4-6-16-7-5-9/h4-7,11H,8,15H2,1-3H3,(H,17,20)/t11-/m1/s1. The zero-order valence-electron chi connectivity index (χ0n) is 12.3. The van der Waals surface area contributed by atoms with Gasteiger partial charge in [0, 0.05) is 18.0 Å². The van der Waals surface area contributed by atoms with Crippen LogP contribution in [-0.4, -0.2) is 27.1 Å². The summed E-state index contributed by atoms with van der Waals surface area (Å²) in [5.74, 6) is 0.546. The highest BCUT2D eigenvalue weighted by Crippen LogP contribution is 2.17. The van der Waals surface area contributed by atoms with Crippen LogP contribution in [0.5, 0.6) is 0 Å². The van der Waals surface area contributed by atoms with Gasteiger partial charge in [-0.05, 0) is 17.5 Å². The maximum atomic E-state index is 11.9. The number of carbonyl (C=O) groups excluding carboxylic acids is 1. The van der Waals surface area contributed by atoms with Crippen LogP contribution in [0.25, 0.3) is 11.4 Å². The molecule has 7 nitrogen and oxygen atoms in total. The third kappa shape index (κ3) is 3.85. The average Bonchev–Trinajstić information content (AvgIpc) is 2.93. The van der Waals surface area contributed by atoms with E-state index in [4.69, 9.17) is 10.3 Å². The molecule has 2 rings (SSSR count). The summed E-state index contributed by atoms with van der Waals surface area (Å²) in [6, 6.07) is 2.96. The Kier molecular flexibility index (Phi) is 4.32. The molecular formula is C14H19N5O2. The summed E-state index contributed by atoms with van der Waals surface area (Å²) in [5.41, 5.74) is 6.37. The van der Waals surface area contributed by atoms with E-state index in [-0.39, 0.29) is 17.9 Å². The molecule has 0 saturated carbocycles. The summed E-state index contributed by atoms with van der Waals surface area (Å²) in [6.45, 7) is 5.88. The number of rotatable bonds is 4. The molecule has 1 atom stereocenters. The molecule has 0 bridgehead atoms. The number of carbonyl (C=O) groups is 1. The van der Waals surface area contributed by atoms with Crippen LogP contribution in [0.1, 0.15) is 26.7 Å². The first-order valence-corrected chi connectivity index (χ1v) is 6.64. The van der Waals surface area contributed by atoms with Crippen LogP contribution in [0.15, 0.2) is 29.0 Å². The summed E-state index contributed by atoms with van der Waals surface area (Å²) in [6.07, 6.45) is 3.30. The molecule has 0 spiro atoms. The van der Waals surface area contributed by atoms with E-state index in [1.54, 1.807) is 24.5 Å². The van der Waals surface area contributed by atoms with Crippen LogP contribution in [0.3, 0.4) is 0 Å². The van der Waals surface area contributed by atoms with E-state index in [2.05, 4.69) is 20.4 Å². The van der Waals surface area contributed by atoms with Crippen LogP contribution >= 0.6 is 0 Å². The highest BCUT2D eigenvalue weighted by atomic mass is 16.5. The van der Waals surface area contributed by atoms with Gasteiger partial charge in [-0.1, -0.05) is 25.9 Å². The maximum absolute atomic E-state index is 11.9. The lowest BCUT2D eigenvalue weighted by Gasteiger charge is -2.25. The first kappa shape index (κ1) is 15.1. The molecule has 0 unspecified atom stereocenters. The second kappa shape index (κ2) is 6.01. The van der Waals surface area contributed by atoms with Gasteiger partial charge < -0.3 is 15.6 Å². The van der Waals surface area contributed by atoms with Gasteiger partial charge in [0.05, 0.1) is 12.6 Å². The molecule has 0 radical (unpaired) electrons. The van der Waals surface area contributed by atoms with E-state index in [0.29, 0.717) is 11.7 Å². The Morgan fingerprint density at radius 3 is 2.67 bits per heavy atom. The summed E-state index contributed by atoms with van der Waals surface area (Å²) < 4.78 is 5.10. The number of hydrogen-bond donors (Lipinski definition) is 2. The molecule has 7 heteroatoms. The van der Waals surface area contributed by atoms with Gasteiger partial charge >= 0.3 is 0 Å². The molecule has 112 valence electrons. The molecule has 1 amide bonds. The summed E-state index contributed by atoms with van der Waals surface area (Å²) in [5, 5.41) is 6.56. The fourth-order valence-electron chi connectivity index (χ4n) is 1.61. The summed E-state index contributed by atoms with van der Waals surface area (Å²) in [4.78, 5) is 20.0. The fraction of sp³-hybridized carbons (Fsp3) is 0.429. The third-order valence-corrected chi connectivity index (χ3v) is 3.04. The zero-order chi connectivity index (χ0) is 15.5. The second-order valence-electron chi connectivity index (χ2n) is 5.81. The largest absolute Gasteiger partial charge is 0.346 e. The lowest BCUT2D eigenvalue weighted by molar-refractivity contribution is -0.124. The van der Waals surface area contributed by atoms with E-state index in [1.807, 2.05) is 20.8 Å². The minimum absolute atomic E-state index is 0.153. The Balaban J connectivity index is 1.96. The van der Waals surface area contributed by atoms with Crippen molar-refractivity contribution in [2.24, 2.45) is 11.1 Å². The van der Waals surface area contributed by atoms with Gasteiger partial charge in [-0.2, -0.15) is 4.98 Å². The van der Waals surface area contributed by atoms with E-state index in [1.165, 1.54) is 0 Å². The average molecular weight is 289 g/mol. The van der Waals surface area contributed by atoms with E-state index in [0.717, 1.165) is 5.56 Å². The van der Waals surface area contributed by atoms with Crippen LogP contribution in [0.4, 0.5) is 0 Å². The summed E-state index contributed by atoms with van der Waals surface area (Å²) >= 11 is 0. The van der Waals surface area contributed by atoms with E-state index < -0.39 is 6.04 Å². The van der Waals surface area contributed by atoms with Crippen LogP contribution < -0.4 is 11.1 Å². The fourth-order valence-corrected chi connectivity index (χ4v) is 1.61. The molecule has 0 fully saturated rings. The van der Waals surface area contributed by atoms with Gasteiger partial charge in [-0.3, -0.25) is 9.78 Å². The second-order valence-corrected chi connectivity index (χ2v) is 5.81. The number of hydrogen-bond acceptors (Lipinski definition) is 6. The molecule has 0 aliphatic carbocycles. The smallest absolute Gasteiger partial charge is 0.246 e. The number of nitrogens with zero attached hydrogens (tertiary/aromatic N) is 3. The number of nitrogens with two attached hydrogens (primary N) is 1. The van der Waals surface area contributed by atoms with Crippen LogP contribution in [0, 0.1) is 5.41 Å². The van der Waals surface area contributed by atoms with E-state index >= 15 is 0 Å². The highest BCUT2D eigenvalue weighted by molar-refractivity contribution is 5.82. The van der Waals surface area contributed by atoms with Gasteiger partial charge in [-0.15, -0.1) is 0 Å². The lowest BCUT2D eigenvalue weighted by Crippen LogP contribution is -2.48. The maximum Gasteiger partial charge on any atom is 0.246 e. The molecule has 2 heterocycles. The molecule has 0 aromatic carbocycles. The minimum atomic E-state index is -0.597. The van der Waals surface area contributed by atoms with Crippen molar-refractivity contribution in [2.45, 2.75) is 33.4 Å². The van der Waals surface area contributed by atoms with Gasteiger partial charge in [0.1, 0.15) is 0 Å².